The van der Waals surface area contributed by atoms with Gasteiger partial charge in [0.25, 0.3) is 0 Å². The number of rotatable bonds is 5. The molecule has 0 spiro atoms. The van der Waals surface area contributed by atoms with Gasteiger partial charge in [-0.2, -0.15) is 0 Å². The number of nitrogens with one attached hydrogen (secondary N) is 2. The van der Waals surface area contributed by atoms with Gasteiger partial charge < -0.3 is 5.32 Å². The molecule has 0 atom stereocenters. The third-order valence-electron chi connectivity index (χ3n) is 2.62. The van der Waals surface area contributed by atoms with E-state index in [0.29, 0.717) is 17.5 Å². The van der Waals surface area contributed by atoms with E-state index in [-0.39, 0.29) is 0 Å². The molecule has 8 heteroatoms. The van der Waals surface area contributed by atoms with Gasteiger partial charge in [0.2, 0.25) is 10.0 Å². The maximum absolute atomic E-state index is 11.2. The zero-order valence-corrected chi connectivity index (χ0v) is 13.3. The summed E-state index contributed by atoms with van der Waals surface area (Å²) in [6, 6.07) is 0. The summed E-state index contributed by atoms with van der Waals surface area (Å²) in [6.07, 6.45) is 1.13. The van der Waals surface area contributed by atoms with Crippen LogP contribution in [0.4, 0.5) is 5.82 Å². The van der Waals surface area contributed by atoms with Crippen LogP contribution in [0.2, 0.25) is 5.15 Å². The fraction of sp³-hybridized carbons (Fsp3) is 0.636. The lowest BCUT2D eigenvalue weighted by Crippen LogP contribution is -2.47. The van der Waals surface area contributed by atoms with E-state index in [4.69, 9.17) is 11.6 Å². The molecule has 0 saturated heterocycles. The van der Waals surface area contributed by atoms with Crippen LogP contribution in [0.25, 0.3) is 0 Å². The molecule has 1 aromatic rings. The maximum Gasteiger partial charge on any atom is 0.209 e. The Hall–Kier alpha value is -0.920. The van der Waals surface area contributed by atoms with Gasteiger partial charge in [-0.3, -0.25) is 0 Å². The van der Waals surface area contributed by atoms with Crippen molar-refractivity contribution in [2.24, 2.45) is 0 Å². The normalized spacial score (nSPS) is 12.5. The highest BCUT2D eigenvalue weighted by Gasteiger charge is 2.22. The van der Waals surface area contributed by atoms with E-state index < -0.39 is 15.6 Å². The molecule has 0 radical (unpaired) electrons. The average Bonchev–Trinajstić information content (AvgIpc) is 2.21. The summed E-state index contributed by atoms with van der Waals surface area (Å²) in [7, 11) is -3.26. The molecule has 108 valence electrons. The first kappa shape index (κ1) is 16.1. The van der Waals surface area contributed by atoms with Crippen molar-refractivity contribution in [3.63, 3.8) is 0 Å². The molecule has 0 aliphatic heterocycles. The molecule has 1 rings (SSSR count). The average molecular weight is 307 g/mol. The van der Waals surface area contributed by atoms with Crippen molar-refractivity contribution in [2.45, 2.75) is 33.2 Å². The van der Waals surface area contributed by atoms with Crippen molar-refractivity contribution < 1.29 is 8.42 Å². The molecule has 0 bridgehead atoms. The monoisotopic (exact) mass is 306 g/mol. The Morgan fingerprint density at radius 2 is 1.79 bits per heavy atom. The van der Waals surface area contributed by atoms with Gasteiger partial charge in [0.1, 0.15) is 0 Å². The number of hydrogen-bond acceptors (Lipinski definition) is 5. The smallest absolute Gasteiger partial charge is 0.209 e. The predicted octanol–water partition coefficient (Wildman–Crippen LogP) is 1.49. The second-order valence-corrected chi connectivity index (χ2v) is 7.31. The zero-order chi connectivity index (χ0) is 14.8. The van der Waals surface area contributed by atoms with Crippen LogP contribution >= 0.6 is 11.6 Å². The highest BCUT2D eigenvalue weighted by atomic mass is 35.5. The highest BCUT2D eigenvalue weighted by molar-refractivity contribution is 7.88. The van der Waals surface area contributed by atoms with Gasteiger partial charge in [-0.25, -0.2) is 13.1 Å². The van der Waals surface area contributed by atoms with Gasteiger partial charge in [0, 0.05) is 12.1 Å². The lowest BCUT2D eigenvalue weighted by molar-refractivity contribution is 0.475. The predicted molar refractivity (Wildman–Crippen MR) is 77.1 cm³/mol. The summed E-state index contributed by atoms with van der Waals surface area (Å²) in [5.74, 6) is 0.602. The molecule has 6 nitrogen and oxygen atoms in total. The van der Waals surface area contributed by atoms with E-state index in [2.05, 4.69) is 20.2 Å². The number of aromatic nitrogens is 2. The summed E-state index contributed by atoms with van der Waals surface area (Å²) in [5.41, 5.74) is 1.12. The molecular weight excluding hydrogens is 288 g/mol. The van der Waals surface area contributed by atoms with Gasteiger partial charge in [0.15, 0.2) is 11.0 Å². The molecule has 0 unspecified atom stereocenters. The molecule has 1 aromatic heterocycles. The number of nitrogens with zero attached hydrogens (tertiary/aromatic N) is 2. The zero-order valence-electron chi connectivity index (χ0n) is 11.7. The van der Waals surface area contributed by atoms with Crippen LogP contribution in [0, 0.1) is 13.8 Å². The first-order valence-corrected chi connectivity index (χ1v) is 8.01. The van der Waals surface area contributed by atoms with Crippen molar-refractivity contribution in [3.8, 4) is 0 Å². The van der Waals surface area contributed by atoms with Gasteiger partial charge in [-0.15, -0.1) is 10.2 Å². The molecule has 0 aromatic carbocycles. The van der Waals surface area contributed by atoms with Crippen LogP contribution in [0.1, 0.15) is 25.0 Å². The quantitative estimate of drug-likeness (QED) is 0.861. The lowest BCUT2D eigenvalue weighted by Gasteiger charge is -2.26. The maximum atomic E-state index is 11.2. The van der Waals surface area contributed by atoms with Crippen molar-refractivity contribution in [3.05, 3.63) is 16.3 Å². The first-order chi connectivity index (χ1) is 8.52. The first-order valence-electron chi connectivity index (χ1n) is 5.74. The summed E-state index contributed by atoms with van der Waals surface area (Å²) >= 11 is 5.87. The molecule has 0 aliphatic carbocycles. The molecule has 0 fully saturated rings. The molecule has 19 heavy (non-hydrogen) atoms. The lowest BCUT2D eigenvalue weighted by atomic mass is 10.1. The third-order valence-corrected chi connectivity index (χ3v) is 3.91. The largest absolute Gasteiger partial charge is 0.366 e. The number of halogens is 1. The third kappa shape index (κ3) is 4.93. The highest BCUT2D eigenvalue weighted by Crippen LogP contribution is 2.21. The summed E-state index contributed by atoms with van der Waals surface area (Å²) in [5, 5.41) is 11.3. The fourth-order valence-electron chi connectivity index (χ4n) is 1.59. The van der Waals surface area contributed by atoms with Crippen LogP contribution in [0.5, 0.6) is 0 Å². The van der Waals surface area contributed by atoms with Gasteiger partial charge in [-0.05, 0) is 38.8 Å². The van der Waals surface area contributed by atoms with Gasteiger partial charge in [-0.1, -0.05) is 11.6 Å². The summed E-state index contributed by atoms with van der Waals surface area (Å²) in [4.78, 5) is 0. The minimum Gasteiger partial charge on any atom is -0.366 e. The van der Waals surface area contributed by atoms with E-state index >= 15 is 0 Å². The SMILES string of the molecule is Cc1c(Cl)nnc(NCC(C)(C)NS(C)(=O)=O)c1C. The van der Waals surface area contributed by atoms with Crippen LogP contribution in [-0.2, 0) is 10.0 Å². The van der Waals surface area contributed by atoms with E-state index in [1.165, 1.54) is 0 Å². The minimum atomic E-state index is -3.26. The van der Waals surface area contributed by atoms with Gasteiger partial charge >= 0.3 is 0 Å². The van der Waals surface area contributed by atoms with Crippen LogP contribution in [0.3, 0.4) is 0 Å². The Kier molecular flexibility index (Phi) is 4.76. The Bertz CT molecular complexity index is 572. The number of anilines is 1. The van der Waals surface area contributed by atoms with Crippen LogP contribution in [0.15, 0.2) is 0 Å². The molecule has 2 N–H and O–H groups in total. The van der Waals surface area contributed by atoms with E-state index in [0.717, 1.165) is 17.4 Å². The van der Waals surface area contributed by atoms with Gasteiger partial charge in [0.05, 0.1) is 6.26 Å². The summed E-state index contributed by atoms with van der Waals surface area (Å²) in [6.45, 7) is 7.70. The van der Waals surface area contributed by atoms with Crippen molar-refractivity contribution >= 4 is 27.4 Å². The number of sulfonamides is 1. The molecule has 0 aliphatic rings. The van der Waals surface area contributed by atoms with E-state index in [1.54, 1.807) is 13.8 Å². The standard InChI is InChI=1S/C11H19ClN4O2S/c1-7-8(2)10(15-14-9(7)12)13-6-11(3,4)16-19(5,17)18/h16H,6H2,1-5H3,(H,13,15). The molecular formula is C11H19ClN4O2S. The van der Waals surface area contributed by atoms with Crippen LogP contribution < -0.4 is 10.0 Å². The Balaban J connectivity index is 2.80. The summed E-state index contributed by atoms with van der Waals surface area (Å²) < 4.78 is 25.0. The topological polar surface area (TPSA) is 84.0 Å². The van der Waals surface area contributed by atoms with Crippen molar-refractivity contribution in [2.75, 3.05) is 18.1 Å². The van der Waals surface area contributed by atoms with E-state index in [9.17, 15) is 8.42 Å². The minimum absolute atomic E-state index is 0.372. The van der Waals surface area contributed by atoms with E-state index in [1.807, 2.05) is 13.8 Å². The molecule has 0 amide bonds. The van der Waals surface area contributed by atoms with Crippen LogP contribution in [-0.4, -0.2) is 37.0 Å². The Labute approximate surface area is 119 Å². The number of hydrogen-bond donors (Lipinski definition) is 2. The Morgan fingerprint density at radius 3 is 2.32 bits per heavy atom. The molecule has 1 heterocycles. The van der Waals surface area contributed by atoms with Crippen molar-refractivity contribution in [1.82, 2.24) is 14.9 Å². The Morgan fingerprint density at radius 1 is 1.21 bits per heavy atom. The molecule has 0 saturated carbocycles. The second-order valence-electron chi connectivity index (χ2n) is 5.20. The fourth-order valence-corrected chi connectivity index (χ4v) is 2.84. The van der Waals surface area contributed by atoms with Crippen molar-refractivity contribution in [1.29, 1.82) is 0 Å². The second kappa shape index (κ2) is 5.60.